The van der Waals surface area contributed by atoms with Crippen molar-refractivity contribution in [2.24, 2.45) is 16.7 Å². The fourth-order valence-electron chi connectivity index (χ4n) is 12.1. The summed E-state index contributed by atoms with van der Waals surface area (Å²) in [5.74, 6) is -0.318. The van der Waals surface area contributed by atoms with E-state index in [0.717, 1.165) is 74.7 Å². The molecule has 0 saturated carbocycles. The Morgan fingerprint density at radius 3 is 1.82 bits per heavy atom. The van der Waals surface area contributed by atoms with E-state index in [-0.39, 0.29) is 76.4 Å². The molecule has 76 heavy (non-hydrogen) atoms. The number of thioether (sulfide) groups is 1. The van der Waals surface area contributed by atoms with Gasteiger partial charge in [-0.3, -0.25) is 28.8 Å². The molecule has 2 aromatic carbocycles. The second-order valence-corrected chi connectivity index (χ2v) is 25.0. The molecule has 4 fully saturated rings. The summed E-state index contributed by atoms with van der Waals surface area (Å²) in [6.45, 7) is 16.0. The van der Waals surface area contributed by atoms with Gasteiger partial charge < -0.3 is 40.5 Å². The molecule has 0 aliphatic carbocycles. The number of rotatable bonds is 30. The Balaban J connectivity index is 0.866. The van der Waals surface area contributed by atoms with Crippen molar-refractivity contribution in [3.63, 3.8) is 0 Å². The van der Waals surface area contributed by atoms with Crippen LogP contribution in [0.5, 0.6) is 0 Å². The van der Waals surface area contributed by atoms with Crippen LogP contribution in [0.25, 0.3) is 0 Å². The standard InChI is InChI=1S/C61H94N6O8S/c1-9-42(2)55(69)63-49-33-36-76-52-39-61(6,7)54(67(52)59(49)73)57(71)65-50(45-29-22-19-23-30-45)41-75-35-25-17-15-13-11-10-12-14-16-24-34-74-40-46(44-27-20-18-21-28-44)37-51(68)53-60(4,5)38-47-31-26-32-48(58(72)66(47)53)64-56(70)43(3)62-8/h18-23,27-30,42-43,46-50,52-54,62H,9-17,24-26,31-41H2,1-8H3,(H,63,69)(H,64,70)(H,65,71)/t42-,43+,46-,47+,48+,49+,50-,52+,53-,54-/m1/s1. The van der Waals surface area contributed by atoms with Crippen molar-refractivity contribution in [3.05, 3.63) is 71.8 Å². The number of likely N-dealkylation sites (N-methyl/N-ethyl adjacent to an activating group) is 1. The lowest BCUT2D eigenvalue weighted by molar-refractivity contribution is -0.144. The molecule has 4 heterocycles. The monoisotopic (exact) mass is 1070 g/mol. The van der Waals surface area contributed by atoms with Gasteiger partial charge in [0.25, 0.3) is 0 Å². The number of ketones is 1. The zero-order valence-electron chi connectivity index (χ0n) is 47.4. The Morgan fingerprint density at radius 1 is 0.671 bits per heavy atom. The normalized spacial score (nSPS) is 24.6. The van der Waals surface area contributed by atoms with E-state index in [9.17, 15) is 28.8 Å². The summed E-state index contributed by atoms with van der Waals surface area (Å²) in [7, 11) is 1.73. The van der Waals surface area contributed by atoms with E-state index in [1.54, 1.807) is 30.6 Å². The summed E-state index contributed by atoms with van der Waals surface area (Å²) in [6.07, 6.45) is 16.5. The number of carbonyl (C=O) groups excluding carboxylic acids is 6. The van der Waals surface area contributed by atoms with E-state index in [0.29, 0.717) is 52.1 Å². The molecular weight excluding hydrogens is 977 g/mol. The molecule has 0 aromatic heterocycles. The molecule has 0 unspecified atom stereocenters. The molecule has 2 aromatic rings. The fraction of sp³-hybridized carbons (Fsp3) is 0.705. The molecular formula is C61H94N6O8S. The number of unbranched alkanes of at least 4 members (excludes halogenated alkanes) is 9. The predicted molar refractivity (Wildman–Crippen MR) is 302 cm³/mol. The first-order valence-corrected chi connectivity index (χ1v) is 30.1. The highest BCUT2D eigenvalue weighted by molar-refractivity contribution is 7.99. The molecule has 0 bridgehead atoms. The van der Waals surface area contributed by atoms with Crippen LogP contribution in [0.2, 0.25) is 0 Å². The lowest BCUT2D eigenvalue weighted by atomic mass is 9.78. The van der Waals surface area contributed by atoms with Crippen LogP contribution in [0.15, 0.2) is 60.7 Å². The van der Waals surface area contributed by atoms with Gasteiger partial charge in [-0.15, -0.1) is 11.8 Å². The van der Waals surface area contributed by atoms with E-state index >= 15 is 0 Å². The maximum atomic E-state index is 14.5. The summed E-state index contributed by atoms with van der Waals surface area (Å²) in [6, 6.07) is 16.7. The van der Waals surface area contributed by atoms with Crippen LogP contribution in [0.4, 0.5) is 0 Å². The first kappa shape index (κ1) is 60.9. The molecule has 0 spiro atoms. The average Bonchev–Trinajstić information content (AvgIpc) is 3.73. The Labute approximate surface area is 459 Å². The number of Topliss-reactive ketones (excluding diaryl/α,β-unsaturated/α-hetero) is 1. The van der Waals surface area contributed by atoms with E-state index in [1.165, 1.54) is 25.7 Å². The van der Waals surface area contributed by atoms with Gasteiger partial charge in [-0.2, -0.15) is 0 Å². The molecule has 4 saturated heterocycles. The Bertz CT molecular complexity index is 2030. The van der Waals surface area contributed by atoms with Crippen molar-refractivity contribution in [2.45, 2.75) is 218 Å². The summed E-state index contributed by atoms with van der Waals surface area (Å²) < 4.78 is 12.5. The molecule has 10 atom stereocenters. The smallest absolute Gasteiger partial charge is 0.246 e. The second kappa shape index (κ2) is 29.6. The number of hydrogen-bond acceptors (Lipinski definition) is 10. The van der Waals surface area contributed by atoms with Crippen molar-refractivity contribution < 1.29 is 38.2 Å². The van der Waals surface area contributed by atoms with Gasteiger partial charge in [-0.05, 0) is 99.5 Å². The molecule has 14 nitrogen and oxygen atoms in total. The third-order valence-corrected chi connectivity index (χ3v) is 18.0. The molecule has 422 valence electrons. The summed E-state index contributed by atoms with van der Waals surface area (Å²) in [5, 5.41) is 12.1. The second-order valence-electron chi connectivity index (χ2n) is 23.8. The van der Waals surface area contributed by atoms with Crippen LogP contribution in [-0.4, -0.2) is 126 Å². The van der Waals surface area contributed by atoms with Crippen LogP contribution in [-0.2, 0) is 38.2 Å². The number of benzene rings is 2. The van der Waals surface area contributed by atoms with Crippen LogP contribution in [0, 0.1) is 16.7 Å². The SMILES string of the molecule is CC[C@@H](C)C(=O)N[C@H]1CCS[C@H]2CC(C)(C)[C@@H](C(=O)N[C@H](COCCCCCCCCCCCCOC[C@@H](CC(=O)[C@H]3N4C(=O)[C@@H](NC(=O)[C@H](C)NC)CCC[C@H]4CC3(C)C)c3ccccc3)c3ccccc3)N2C1=O. The van der Waals surface area contributed by atoms with Crippen LogP contribution >= 0.6 is 11.8 Å². The Kier molecular flexibility index (Phi) is 23.7. The third-order valence-electron chi connectivity index (χ3n) is 16.8. The zero-order valence-corrected chi connectivity index (χ0v) is 48.2. The average molecular weight is 1070 g/mol. The maximum Gasteiger partial charge on any atom is 0.246 e. The largest absolute Gasteiger partial charge is 0.381 e. The molecule has 15 heteroatoms. The van der Waals surface area contributed by atoms with Gasteiger partial charge in [0.15, 0.2) is 5.78 Å². The quantitative estimate of drug-likeness (QED) is 0.0552. The van der Waals surface area contributed by atoms with E-state index in [1.807, 2.05) is 67.3 Å². The van der Waals surface area contributed by atoms with Crippen molar-refractivity contribution in [1.82, 2.24) is 31.1 Å². The first-order chi connectivity index (χ1) is 36.5. The van der Waals surface area contributed by atoms with Gasteiger partial charge in [0.05, 0.1) is 36.7 Å². The minimum Gasteiger partial charge on any atom is -0.381 e. The Morgan fingerprint density at radius 2 is 1.21 bits per heavy atom. The lowest BCUT2D eigenvalue weighted by Gasteiger charge is -2.35. The number of hydrogen-bond donors (Lipinski definition) is 4. The van der Waals surface area contributed by atoms with Crippen LogP contribution < -0.4 is 21.3 Å². The summed E-state index contributed by atoms with van der Waals surface area (Å²) in [4.78, 5) is 86.4. The first-order valence-electron chi connectivity index (χ1n) is 29.1. The highest BCUT2D eigenvalue weighted by Gasteiger charge is 2.56. The lowest BCUT2D eigenvalue weighted by Crippen LogP contribution is -2.57. The molecule has 5 amide bonds. The van der Waals surface area contributed by atoms with Gasteiger partial charge in [0.2, 0.25) is 29.5 Å². The molecule has 0 radical (unpaired) electrons. The van der Waals surface area contributed by atoms with Gasteiger partial charge in [-0.25, -0.2) is 0 Å². The van der Waals surface area contributed by atoms with Crippen LogP contribution in [0.3, 0.4) is 0 Å². The van der Waals surface area contributed by atoms with Gasteiger partial charge in [-0.1, -0.05) is 154 Å². The predicted octanol–water partition coefficient (Wildman–Crippen LogP) is 9.41. The maximum absolute atomic E-state index is 14.5. The van der Waals surface area contributed by atoms with Crippen LogP contribution in [0.1, 0.15) is 187 Å². The topological polar surface area (TPSA) is 175 Å². The minimum absolute atomic E-state index is 0.0141. The highest BCUT2D eigenvalue weighted by Crippen LogP contribution is 2.47. The van der Waals surface area contributed by atoms with E-state index in [4.69, 9.17) is 9.47 Å². The van der Waals surface area contributed by atoms with Crippen molar-refractivity contribution in [2.75, 3.05) is 39.2 Å². The molecule has 4 aliphatic heterocycles. The van der Waals surface area contributed by atoms with Gasteiger partial charge in [0.1, 0.15) is 18.1 Å². The zero-order chi connectivity index (χ0) is 54.8. The number of fused-ring (bicyclic) bond motifs is 2. The summed E-state index contributed by atoms with van der Waals surface area (Å²) in [5.41, 5.74) is 1.19. The number of amides is 5. The minimum atomic E-state index is -0.668. The number of nitrogens with zero attached hydrogens (tertiary/aromatic N) is 2. The number of carbonyl (C=O) groups is 6. The third kappa shape index (κ3) is 16.6. The highest BCUT2D eigenvalue weighted by atomic mass is 32.2. The van der Waals surface area contributed by atoms with E-state index < -0.39 is 35.6 Å². The molecule has 6 rings (SSSR count). The van der Waals surface area contributed by atoms with Gasteiger partial charge >= 0.3 is 0 Å². The number of nitrogens with one attached hydrogen (secondary N) is 4. The van der Waals surface area contributed by atoms with Crippen molar-refractivity contribution in [3.8, 4) is 0 Å². The summed E-state index contributed by atoms with van der Waals surface area (Å²) >= 11 is 1.71. The number of ether oxygens (including phenoxy) is 2. The van der Waals surface area contributed by atoms with Crippen molar-refractivity contribution >= 4 is 47.1 Å². The van der Waals surface area contributed by atoms with Crippen molar-refractivity contribution in [1.29, 1.82) is 0 Å². The molecule has 4 aliphatic rings. The Hall–Kier alpha value is -4.31. The van der Waals surface area contributed by atoms with Gasteiger partial charge in [0, 0.05) is 37.5 Å². The van der Waals surface area contributed by atoms with E-state index in [2.05, 4.69) is 61.1 Å². The molecule has 4 N–H and O–H groups in total. The fourth-order valence-corrected chi connectivity index (χ4v) is 13.7.